The SMILES string of the molecule is CSCC(C)CNC(=O)c1ccc([N+](=O)[O-])c(F)c1. The van der Waals surface area contributed by atoms with E-state index >= 15 is 0 Å². The number of benzene rings is 1. The zero-order valence-corrected chi connectivity index (χ0v) is 11.5. The Labute approximate surface area is 114 Å². The van der Waals surface area contributed by atoms with Crippen molar-refractivity contribution in [3.05, 3.63) is 39.7 Å². The number of thioether (sulfide) groups is 1. The van der Waals surface area contributed by atoms with Gasteiger partial charge in [-0.1, -0.05) is 6.92 Å². The maximum atomic E-state index is 13.4. The van der Waals surface area contributed by atoms with Crippen LogP contribution < -0.4 is 5.32 Å². The topological polar surface area (TPSA) is 72.2 Å². The Bertz CT molecular complexity index is 482. The van der Waals surface area contributed by atoms with Crippen molar-refractivity contribution in [3.63, 3.8) is 0 Å². The van der Waals surface area contributed by atoms with E-state index in [4.69, 9.17) is 0 Å². The molecule has 0 fully saturated rings. The van der Waals surface area contributed by atoms with Crippen LogP contribution in [0.4, 0.5) is 10.1 Å². The predicted octanol–water partition coefficient (Wildman–Crippen LogP) is 2.46. The van der Waals surface area contributed by atoms with Gasteiger partial charge >= 0.3 is 5.69 Å². The van der Waals surface area contributed by atoms with Crippen molar-refractivity contribution in [1.29, 1.82) is 0 Å². The van der Waals surface area contributed by atoms with Crippen LogP contribution in [0, 0.1) is 21.8 Å². The van der Waals surface area contributed by atoms with Crippen LogP contribution in [0.3, 0.4) is 0 Å². The number of nitro groups is 1. The summed E-state index contributed by atoms with van der Waals surface area (Å²) in [6.07, 6.45) is 1.98. The number of nitrogens with zero attached hydrogens (tertiary/aromatic N) is 1. The van der Waals surface area contributed by atoms with E-state index in [-0.39, 0.29) is 5.56 Å². The highest BCUT2D eigenvalue weighted by molar-refractivity contribution is 7.98. The Balaban J connectivity index is 2.68. The molecule has 1 aromatic carbocycles. The molecule has 1 rings (SSSR count). The molecule has 1 amide bonds. The zero-order chi connectivity index (χ0) is 14.4. The number of nitrogens with one attached hydrogen (secondary N) is 1. The second kappa shape index (κ2) is 7.08. The largest absolute Gasteiger partial charge is 0.352 e. The number of carbonyl (C=O) groups excluding carboxylic acids is 1. The molecule has 0 spiro atoms. The lowest BCUT2D eigenvalue weighted by Crippen LogP contribution is -2.29. The third kappa shape index (κ3) is 4.51. The Hall–Kier alpha value is -1.63. The van der Waals surface area contributed by atoms with Crippen LogP contribution in [0.5, 0.6) is 0 Å². The fourth-order valence-corrected chi connectivity index (χ4v) is 2.20. The molecule has 0 aliphatic rings. The molecule has 104 valence electrons. The average molecular weight is 286 g/mol. The van der Waals surface area contributed by atoms with E-state index in [1.807, 2.05) is 13.2 Å². The molecule has 0 saturated carbocycles. The molecule has 0 saturated heterocycles. The highest BCUT2D eigenvalue weighted by Crippen LogP contribution is 2.17. The van der Waals surface area contributed by atoms with Crippen molar-refractivity contribution in [3.8, 4) is 0 Å². The van der Waals surface area contributed by atoms with E-state index in [2.05, 4.69) is 5.32 Å². The van der Waals surface area contributed by atoms with Crippen LogP contribution in [0.25, 0.3) is 0 Å². The van der Waals surface area contributed by atoms with Gasteiger partial charge in [-0.2, -0.15) is 16.2 Å². The van der Waals surface area contributed by atoms with E-state index in [1.165, 1.54) is 6.07 Å². The lowest BCUT2D eigenvalue weighted by Gasteiger charge is -2.11. The van der Waals surface area contributed by atoms with Gasteiger partial charge in [0, 0.05) is 18.2 Å². The van der Waals surface area contributed by atoms with Crippen molar-refractivity contribution in [2.45, 2.75) is 6.92 Å². The molecule has 1 aromatic rings. The molecular formula is C12H15FN2O3S. The molecule has 7 heteroatoms. The summed E-state index contributed by atoms with van der Waals surface area (Å²) < 4.78 is 13.4. The molecule has 1 unspecified atom stereocenters. The first-order valence-electron chi connectivity index (χ1n) is 5.66. The van der Waals surface area contributed by atoms with Gasteiger partial charge in [0.05, 0.1) is 4.92 Å². The monoisotopic (exact) mass is 286 g/mol. The number of hydrogen-bond donors (Lipinski definition) is 1. The quantitative estimate of drug-likeness (QED) is 0.644. The van der Waals surface area contributed by atoms with Crippen LogP contribution in [0.15, 0.2) is 18.2 Å². The molecule has 19 heavy (non-hydrogen) atoms. The Kier molecular flexibility index (Phi) is 5.75. The van der Waals surface area contributed by atoms with Crippen molar-refractivity contribution in [2.24, 2.45) is 5.92 Å². The Morgan fingerprint density at radius 3 is 2.79 bits per heavy atom. The highest BCUT2D eigenvalue weighted by Gasteiger charge is 2.16. The van der Waals surface area contributed by atoms with Gasteiger partial charge in [0.15, 0.2) is 0 Å². The summed E-state index contributed by atoms with van der Waals surface area (Å²) >= 11 is 1.68. The van der Waals surface area contributed by atoms with Gasteiger partial charge in [0.25, 0.3) is 5.91 Å². The predicted molar refractivity (Wildman–Crippen MR) is 72.9 cm³/mol. The molecule has 1 N–H and O–H groups in total. The van der Waals surface area contributed by atoms with E-state index < -0.39 is 22.3 Å². The molecule has 5 nitrogen and oxygen atoms in total. The first kappa shape index (κ1) is 15.4. The fourth-order valence-electron chi connectivity index (χ4n) is 1.51. The minimum atomic E-state index is -1.00. The Morgan fingerprint density at radius 1 is 1.58 bits per heavy atom. The number of carbonyl (C=O) groups is 1. The number of nitro benzene ring substituents is 1. The van der Waals surface area contributed by atoms with Crippen molar-refractivity contribution >= 4 is 23.4 Å². The lowest BCUT2D eigenvalue weighted by atomic mass is 10.1. The smallest absolute Gasteiger partial charge is 0.304 e. The van der Waals surface area contributed by atoms with E-state index in [9.17, 15) is 19.3 Å². The van der Waals surface area contributed by atoms with Crippen molar-refractivity contribution in [1.82, 2.24) is 5.32 Å². The maximum absolute atomic E-state index is 13.4. The minimum absolute atomic E-state index is 0.0828. The standard InChI is InChI=1S/C12H15FN2O3S/c1-8(7-19-2)6-14-12(16)9-3-4-11(15(17)18)10(13)5-9/h3-5,8H,6-7H2,1-2H3,(H,14,16). The van der Waals surface area contributed by atoms with Crippen LogP contribution in [-0.2, 0) is 0 Å². The summed E-state index contributed by atoms with van der Waals surface area (Å²) in [7, 11) is 0. The highest BCUT2D eigenvalue weighted by atomic mass is 32.2. The lowest BCUT2D eigenvalue weighted by molar-refractivity contribution is -0.387. The second-order valence-electron chi connectivity index (χ2n) is 4.19. The summed E-state index contributed by atoms with van der Waals surface area (Å²) in [5.74, 6) is -0.215. The minimum Gasteiger partial charge on any atom is -0.352 e. The number of halogens is 1. The molecule has 0 radical (unpaired) electrons. The van der Waals surface area contributed by atoms with Crippen LogP contribution in [-0.4, -0.2) is 29.4 Å². The van der Waals surface area contributed by atoms with Crippen LogP contribution >= 0.6 is 11.8 Å². The van der Waals surface area contributed by atoms with Crippen LogP contribution in [0.1, 0.15) is 17.3 Å². The first-order valence-corrected chi connectivity index (χ1v) is 7.06. The van der Waals surface area contributed by atoms with Gasteiger partial charge in [-0.3, -0.25) is 14.9 Å². The molecule has 1 atom stereocenters. The molecule has 0 aliphatic carbocycles. The third-order valence-corrected chi connectivity index (χ3v) is 3.37. The summed E-state index contributed by atoms with van der Waals surface area (Å²) in [5.41, 5.74) is -0.549. The molecule has 0 aliphatic heterocycles. The zero-order valence-electron chi connectivity index (χ0n) is 10.7. The average Bonchev–Trinajstić information content (AvgIpc) is 2.35. The third-order valence-electron chi connectivity index (χ3n) is 2.47. The summed E-state index contributed by atoms with van der Waals surface area (Å²) in [4.78, 5) is 21.4. The van der Waals surface area contributed by atoms with Crippen molar-refractivity contribution < 1.29 is 14.1 Å². The molecular weight excluding hydrogens is 271 g/mol. The second-order valence-corrected chi connectivity index (χ2v) is 5.10. The van der Waals surface area contributed by atoms with Gasteiger partial charge in [-0.05, 0) is 30.1 Å². The van der Waals surface area contributed by atoms with Gasteiger partial charge < -0.3 is 5.32 Å². The summed E-state index contributed by atoms with van der Waals surface area (Å²) in [6, 6.07) is 3.12. The normalized spacial score (nSPS) is 11.9. The van der Waals surface area contributed by atoms with E-state index in [1.54, 1.807) is 11.8 Å². The first-order chi connectivity index (χ1) is 8.95. The summed E-state index contributed by atoms with van der Waals surface area (Å²) in [5, 5.41) is 13.1. The van der Waals surface area contributed by atoms with Gasteiger partial charge in [0.2, 0.25) is 5.82 Å². The molecule has 0 bridgehead atoms. The Morgan fingerprint density at radius 2 is 2.26 bits per heavy atom. The number of amides is 1. The van der Waals surface area contributed by atoms with Gasteiger partial charge in [0.1, 0.15) is 0 Å². The van der Waals surface area contributed by atoms with Crippen LogP contribution in [0.2, 0.25) is 0 Å². The fraction of sp³-hybridized carbons (Fsp3) is 0.417. The van der Waals surface area contributed by atoms with Gasteiger partial charge in [-0.25, -0.2) is 0 Å². The summed E-state index contributed by atoms with van der Waals surface area (Å²) in [6.45, 7) is 2.48. The number of hydrogen-bond acceptors (Lipinski definition) is 4. The maximum Gasteiger partial charge on any atom is 0.304 e. The molecule has 0 aromatic heterocycles. The van der Waals surface area contributed by atoms with Gasteiger partial charge in [-0.15, -0.1) is 0 Å². The number of rotatable bonds is 6. The van der Waals surface area contributed by atoms with E-state index in [0.717, 1.165) is 17.9 Å². The van der Waals surface area contributed by atoms with E-state index in [0.29, 0.717) is 12.5 Å². The molecule has 0 heterocycles. The van der Waals surface area contributed by atoms with Crippen molar-refractivity contribution in [2.75, 3.05) is 18.6 Å².